The second-order valence-corrected chi connectivity index (χ2v) is 7.09. The summed E-state index contributed by atoms with van der Waals surface area (Å²) in [4.78, 5) is 15.1. The lowest BCUT2D eigenvalue weighted by Gasteiger charge is -2.27. The van der Waals surface area contributed by atoms with E-state index >= 15 is 0 Å². The predicted octanol–water partition coefficient (Wildman–Crippen LogP) is 1.91. The lowest BCUT2D eigenvalue weighted by atomic mass is 10.1. The van der Waals surface area contributed by atoms with Gasteiger partial charge in [0.05, 0.1) is 6.04 Å². The minimum absolute atomic E-state index is 0.0260. The fourth-order valence-corrected chi connectivity index (χ4v) is 4.23. The van der Waals surface area contributed by atoms with Gasteiger partial charge in [-0.15, -0.1) is 10.2 Å². The molecule has 2 aromatic heterocycles. The van der Waals surface area contributed by atoms with E-state index in [0.29, 0.717) is 5.69 Å². The van der Waals surface area contributed by atoms with E-state index in [1.807, 2.05) is 36.3 Å². The van der Waals surface area contributed by atoms with Gasteiger partial charge in [-0.05, 0) is 18.9 Å². The van der Waals surface area contributed by atoms with Crippen molar-refractivity contribution in [2.24, 2.45) is 7.05 Å². The van der Waals surface area contributed by atoms with Crippen LogP contribution in [0.15, 0.2) is 42.6 Å². The largest absolute Gasteiger partial charge is 0.329 e. The van der Waals surface area contributed by atoms with Crippen molar-refractivity contribution in [2.75, 3.05) is 0 Å². The van der Waals surface area contributed by atoms with Crippen molar-refractivity contribution in [3.05, 3.63) is 54.1 Å². The van der Waals surface area contributed by atoms with Crippen LogP contribution in [0, 0.1) is 0 Å². The molecule has 2 unspecified atom stereocenters. The van der Waals surface area contributed by atoms with Crippen molar-refractivity contribution in [3.63, 3.8) is 0 Å². The van der Waals surface area contributed by atoms with Crippen LogP contribution in [0.5, 0.6) is 0 Å². The molecule has 0 N–H and O–H groups in total. The highest BCUT2D eigenvalue weighted by Crippen LogP contribution is 2.34. The number of fused-ring (bicyclic) bond motifs is 3. The fraction of sp³-hybridized carbons (Fsp3) is 0.368. The Labute approximate surface area is 151 Å². The first-order chi connectivity index (χ1) is 12.7. The maximum atomic E-state index is 13.1. The second-order valence-electron chi connectivity index (χ2n) is 7.09. The van der Waals surface area contributed by atoms with Crippen LogP contribution in [0.2, 0.25) is 0 Å². The number of carbonyl (C=O) groups excluding carboxylic acids is 1. The molecule has 3 aromatic rings. The summed E-state index contributed by atoms with van der Waals surface area (Å²) < 4.78 is 3.87. The van der Waals surface area contributed by atoms with Gasteiger partial charge in [0.1, 0.15) is 11.5 Å². The van der Waals surface area contributed by atoms with Crippen LogP contribution in [-0.2, 0) is 20.0 Å². The highest BCUT2D eigenvalue weighted by atomic mass is 16.2. The Morgan fingerprint density at radius 2 is 1.88 bits per heavy atom. The Morgan fingerprint density at radius 3 is 2.65 bits per heavy atom. The molecule has 2 bridgehead atoms. The molecule has 1 saturated heterocycles. The molecule has 26 heavy (non-hydrogen) atoms. The lowest BCUT2D eigenvalue weighted by molar-refractivity contribution is 0.0659. The van der Waals surface area contributed by atoms with E-state index in [9.17, 15) is 4.79 Å². The predicted molar refractivity (Wildman–Crippen MR) is 95.3 cm³/mol. The second kappa shape index (κ2) is 5.79. The topological polar surface area (TPSA) is 68.8 Å². The average Bonchev–Trinajstić information content (AvgIpc) is 3.33. The Balaban J connectivity index is 1.50. The van der Waals surface area contributed by atoms with Crippen LogP contribution >= 0.6 is 0 Å². The molecule has 2 atom stereocenters. The van der Waals surface area contributed by atoms with E-state index < -0.39 is 0 Å². The SMILES string of the molecule is Cn1ccc(C(=O)N2C3CCC2Cn2c(nnc2-c2ccccc2)C3)n1. The van der Waals surface area contributed by atoms with Crippen LogP contribution in [0.1, 0.15) is 29.2 Å². The van der Waals surface area contributed by atoms with Crippen molar-refractivity contribution in [1.29, 1.82) is 0 Å². The fourth-order valence-electron chi connectivity index (χ4n) is 4.23. The summed E-state index contributed by atoms with van der Waals surface area (Å²) in [6.07, 6.45) is 4.58. The third kappa shape index (κ3) is 2.34. The average molecular weight is 348 g/mol. The van der Waals surface area contributed by atoms with Gasteiger partial charge >= 0.3 is 0 Å². The first-order valence-corrected chi connectivity index (χ1v) is 9.00. The van der Waals surface area contributed by atoms with Crippen molar-refractivity contribution in [2.45, 2.75) is 37.9 Å². The maximum absolute atomic E-state index is 13.1. The number of rotatable bonds is 2. The highest BCUT2D eigenvalue weighted by Gasteiger charge is 2.42. The highest BCUT2D eigenvalue weighted by molar-refractivity contribution is 5.93. The lowest BCUT2D eigenvalue weighted by Crippen LogP contribution is -2.42. The molecular formula is C19H20N6O. The first-order valence-electron chi connectivity index (χ1n) is 9.00. The van der Waals surface area contributed by atoms with E-state index in [-0.39, 0.29) is 18.0 Å². The molecule has 0 saturated carbocycles. The summed E-state index contributed by atoms with van der Waals surface area (Å²) in [6, 6.07) is 12.3. The number of benzene rings is 1. The van der Waals surface area contributed by atoms with E-state index in [1.54, 1.807) is 10.7 Å². The van der Waals surface area contributed by atoms with Gasteiger partial charge < -0.3 is 9.47 Å². The van der Waals surface area contributed by atoms with Gasteiger partial charge in [-0.2, -0.15) is 5.10 Å². The standard InChI is InChI=1S/C19H20N6O/c1-23-10-9-16(22-23)19(26)25-14-7-8-15(25)12-24-17(11-14)20-21-18(24)13-5-3-2-4-6-13/h2-6,9-10,14-15H,7-8,11-12H2,1H3. The number of hydrogen-bond donors (Lipinski definition) is 0. The normalized spacial score (nSPS) is 21.5. The number of aromatic nitrogens is 5. The molecule has 4 heterocycles. The summed E-state index contributed by atoms with van der Waals surface area (Å²) in [6.45, 7) is 0.738. The van der Waals surface area contributed by atoms with Crippen molar-refractivity contribution < 1.29 is 4.79 Å². The van der Waals surface area contributed by atoms with Gasteiger partial charge in [0.25, 0.3) is 5.91 Å². The van der Waals surface area contributed by atoms with Crippen molar-refractivity contribution >= 4 is 5.91 Å². The van der Waals surface area contributed by atoms with Gasteiger partial charge in [0.15, 0.2) is 5.82 Å². The maximum Gasteiger partial charge on any atom is 0.274 e. The van der Waals surface area contributed by atoms with E-state index in [1.165, 1.54) is 0 Å². The zero-order valence-corrected chi connectivity index (χ0v) is 14.6. The Morgan fingerprint density at radius 1 is 1.08 bits per heavy atom. The number of nitrogens with zero attached hydrogens (tertiary/aromatic N) is 6. The molecule has 7 nitrogen and oxygen atoms in total. The quantitative estimate of drug-likeness (QED) is 0.709. The summed E-state index contributed by atoms with van der Waals surface area (Å²) >= 11 is 0. The number of aryl methyl sites for hydroxylation is 1. The molecule has 1 aromatic carbocycles. The monoisotopic (exact) mass is 348 g/mol. The van der Waals surface area contributed by atoms with Crippen molar-refractivity contribution in [1.82, 2.24) is 29.4 Å². The molecule has 132 valence electrons. The Hall–Kier alpha value is -2.96. The Kier molecular flexibility index (Phi) is 3.41. The van der Waals surface area contributed by atoms with E-state index in [4.69, 9.17) is 0 Å². The molecule has 2 aliphatic heterocycles. The molecule has 7 heteroatoms. The van der Waals surface area contributed by atoms with Crippen LogP contribution in [0.25, 0.3) is 11.4 Å². The molecule has 1 amide bonds. The van der Waals surface area contributed by atoms with Gasteiger partial charge in [-0.1, -0.05) is 30.3 Å². The zero-order chi connectivity index (χ0) is 17.7. The summed E-state index contributed by atoms with van der Waals surface area (Å²) in [5.74, 6) is 1.88. The molecule has 0 spiro atoms. The van der Waals surface area contributed by atoms with Gasteiger partial charge in [-0.25, -0.2) is 0 Å². The van der Waals surface area contributed by atoms with E-state index in [2.05, 4.69) is 32.0 Å². The third-order valence-corrected chi connectivity index (χ3v) is 5.46. The zero-order valence-electron chi connectivity index (χ0n) is 14.6. The number of amides is 1. The molecule has 0 radical (unpaired) electrons. The molecule has 1 fully saturated rings. The minimum Gasteiger partial charge on any atom is -0.329 e. The van der Waals surface area contributed by atoms with Crippen LogP contribution < -0.4 is 0 Å². The van der Waals surface area contributed by atoms with Crippen LogP contribution in [0.4, 0.5) is 0 Å². The number of hydrogen-bond acceptors (Lipinski definition) is 4. The minimum atomic E-state index is 0.0260. The molecule has 5 rings (SSSR count). The van der Waals surface area contributed by atoms with Gasteiger partial charge in [-0.3, -0.25) is 9.48 Å². The van der Waals surface area contributed by atoms with Gasteiger partial charge in [0, 0.05) is 37.8 Å². The summed E-state index contributed by atoms with van der Waals surface area (Å²) in [5, 5.41) is 13.2. The Bertz CT molecular complexity index is 960. The first kappa shape index (κ1) is 15.3. The number of carbonyl (C=O) groups is 1. The molecular weight excluding hydrogens is 328 g/mol. The smallest absolute Gasteiger partial charge is 0.274 e. The molecule has 0 aliphatic carbocycles. The molecule has 2 aliphatic rings. The summed E-state index contributed by atoms with van der Waals surface area (Å²) in [7, 11) is 1.83. The third-order valence-electron chi connectivity index (χ3n) is 5.46. The van der Waals surface area contributed by atoms with Crippen LogP contribution in [-0.4, -0.2) is 47.4 Å². The van der Waals surface area contributed by atoms with Crippen molar-refractivity contribution in [3.8, 4) is 11.4 Å². The summed E-state index contributed by atoms with van der Waals surface area (Å²) in [5.41, 5.74) is 1.58. The van der Waals surface area contributed by atoms with Gasteiger partial charge in [0.2, 0.25) is 0 Å². The van der Waals surface area contributed by atoms with Crippen LogP contribution in [0.3, 0.4) is 0 Å². The van der Waals surface area contributed by atoms with E-state index in [0.717, 1.165) is 43.0 Å².